The van der Waals surface area contributed by atoms with Crippen molar-refractivity contribution in [1.29, 1.82) is 0 Å². The standard InChI is InChI=1S/C16H24N2O/c1-19-15-10-13(6-7-14(15)17)18-11-16(12-18)8-4-2-3-5-9-16/h6-7,10H,2-5,8-9,11-12,17H2,1H3. The Morgan fingerprint density at radius 1 is 1.11 bits per heavy atom. The largest absolute Gasteiger partial charge is 0.495 e. The fourth-order valence-electron chi connectivity index (χ4n) is 3.64. The van der Waals surface area contributed by atoms with Crippen LogP contribution in [-0.2, 0) is 0 Å². The number of hydrogen-bond donors (Lipinski definition) is 1. The lowest BCUT2D eigenvalue weighted by atomic mass is 9.73. The highest BCUT2D eigenvalue weighted by atomic mass is 16.5. The van der Waals surface area contributed by atoms with Gasteiger partial charge in [0.15, 0.2) is 0 Å². The number of benzene rings is 1. The summed E-state index contributed by atoms with van der Waals surface area (Å²) in [5.41, 5.74) is 8.44. The molecule has 0 unspecified atom stereocenters. The smallest absolute Gasteiger partial charge is 0.143 e. The summed E-state index contributed by atoms with van der Waals surface area (Å²) in [5.74, 6) is 0.791. The van der Waals surface area contributed by atoms with Gasteiger partial charge in [0.05, 0.1) is 12.8 Å². The zero-order valence-electron chi connectivity index (χ0n) is 11.8. The van der Waals surface area contributed by atoms with Crippen LogP contribution in [0.3, 0.4) is 0 Å². The van der Waals surface area contributed by atoms with E-state index >= 15 is 0 Å². The highest BCUT2D eigenvalue weighted by Gasteiger charge is 2.42. The van der Waals surface area contributed by atoms with Gasteiger partial charge in [0, 0.05) is 30.3 Å². The minimum absolute atomic E-state index is 0.602. The third-order valence-corrected chi connectivity index (χ3v) is 4.80. The molecule has 1 aromatic rings. The number of hydrogen-bond acceptors (Lipinski definition) is 3. The van der Waals surface area contributed by atoms with Gasteiger partial charge in [-0.15, -0.1) is 0 Å². The van der Waals surface area contributed by atoms with E-state index in [-0.39, 0.29) is 0 Å². The molecule has 2 aliphatic rings. The molecule has 1 heterocycles. The first kappa shape index (κ1) is 12.6. The van der Waals surface area contributed by atoms with E-state index in [1.807, 2.05) is 6.07 Å². The second-order valence-corrected chi connectivity index (χ2v) is 6.20. The number of rotatable bonds is 2. The van der Waals surface area contributed by atoms with Crippen LogP contribution in [-0.4, -0.2) is 20.2 Å². The van der Waals surface area contributed by atoms with Crippen LogP contribution in [0.4, 0.5) is 11.4 Å². The van der Waals surface area contributed by atoms with Crippen molar-refractivity contribution in [3.8, 4) is 5.75 Å². The van der Waals surface area contributed by atoms with Crippen molar-refractivity contribution in [2.24, 2.45) is 5.41 Å². The van der Waals surface area contributed by atoms with E-state index in [4.69, 9.17) is 10.5 Å². The number of ether oxygens (including phenoxy) is 1. The van der Waals surface area contributed by atoms with Gasteiger partial charge < -0.3 is 15.4 Å². The highest BCUT2D eigenvalue weighted by molar-refractivity contribution is 5.63. The molecule has 104 valence electrons. The summed E-state index contributed by atoms with van der Waals surface area (Å²) in [5, 5.41) is 0. The molecule has 3 rings (SSSR count). The van der Waals surface area contributed by atoms with E-state index in [0.717, 1.165) is 11.4 Å². The molecule has 1 saturated heterocycles. The van der Waals surface area contributed by atoms with Crippen LogP contribution in [0, 0.1) is 5.41 Å². The van der Waals surface area contributed by atoms with Crippen LogP contribution < -0.4 is 15.4 Å². The van der Waals surface area contributed by atoms with Crippen molar-refractivity contribution in [3.05, 3.63) is 18.2 Å². The van der Waals surface area contributed by atoms with E-state index in [0.29, 0.717) is 5.41 Å². The summed E-state index contributed by atoms with van der Waals surface area (Å²) in [6, 6.07) is 6.13. The number of nitrogen functional groups attached to an aromatic ring is 1. The molecule has 0 radical (unpaired) electrons. The van der Waals surface area contributed by atoms with Gasteiger partial charge in [-0.1, -0.05) is 25.7 Å². The van der Waals surface area contributed by atoms with Crippen LogP contribution >= 0.6 is 0 Å². The molecule has 3 heteroatoms. The molecule has 1 saturated carbocycles. The van der Waals surface area contributed by atoms with Crippen molar-refractivity contribution in [3.63, 3.8) is 0 Å². The summed E-state index contributed by atoms with van der Waals surface area (Å²) in [6.07, 6.45) is 8.51. The van der Waals surface area contributed by atoms with Gasteiger partial charge in [0.1, 0.15) is 5.75 Å². The lowest BCUT2D eigenvalue weighted by molar-refractivity contribution is 0.180. The minimum Gasteiger partial charge on any atom is -0.495 e. The summed E-state index contributed by atoms with van der Waals surface area (Å²) in [6.45, 7) is 2.42. The maximum atomic E-state index is 5.87. The molecule has 1 aliphatic carbocycles. The normalized spacial score (nSPS) is 21.8. The van der Waals surface area contributed by atoms with Gasteiger partial charge in [-0.05, 0) is 25.0 Å². The van der Waals surface area contributed by atoms with Crippen molar-refractivity contribution >= 4 is 11.4 Å². The molecule has 2 fully saturated rings. The van der Waals surface area contributed by atoms with Crippen LogP contribution in [0.25, 0.3) is 0 Å². The Bertz CT molecular complexity index is 442. The Hall–Kier alpha value is -1.38. The fraction of sp³-hybridized carbons (Fsp3) is 0.625. The highest BCUT2D eigenvalue weighted by Crippen LogP contribution is 2.45. The fourth-order valence-corrected chi connectivity index (χ4v) is 3.64. The molecule has 0 amide bonds. The van der Waals surface area contributed by atoms with Crippen LogP contribution in [0.2, 0.25) is 0 Å². The Morgan fingerprint density at radius 3 is 2.42 bits per heavy atom. The van der Waals surface area contributed by atoms with Crippen LogP contribution in [0.15, 0.2) is 18.2 Å². The Labute approximate surface area is 115 Å². The Kier molecular flexibility index (Phi) is 3.29. The second kappa shape index (κ2) is 4.95. The molecule has 19 heavy (non-hydrogen) atoms. The van der Waals surface area contributed by atoms with Crippen molar-refractivity contribution in [1.82, 2.24) is 0 Å². The second-order valence-electron chi connectivity index (χ2n) is 6.20. The van der Waals surface area contributed by atoms with E-state index in [1.54, 1.807) is 7.11 Å². The van der Waals surface area contributed by atoms with Crippen molar-refractivity contribution < 1.29 is 4.74 Å². The summed E-state index contributed by atoms with van der Waals surface area (Å²) >= 11 is 0. The van der Waals surface area contributed by atoms with Gasteiger partial charge >= 0.3 is 0 Å². The first-order valence-electron chi connectivity index (χ1n) is 7.41. The van der Waals surface area contributed by atoms with Gasteiger partial charge in [0.25, 0.3) is 0 Å². The molecule has 3 nitrogen and oxygen atoms in total. The maximum absolute atomic E-state index is 5.87. The van der Waals surface area contributed by atoms with Gasteiger partial charge in [-0.25, -0.2) is 0 Å². The molecule has 1 spiro atoms. The molecule has 1 aliphatic heterocycles. The third-order valence-electron chi connectivity index (χ3n) is 4.80. The molecule has 2 N–H and O–H groups in total. The van der Waals surface area contributed by atoms with Gasteiger partial charge in [-0.3, -0.25) is 0 Å². The average Bonchev–Trinajstić information content (AvgIpc) is 2.63. The molecule has 1 aromatic carbocycles. The quantitative estimate of drug-likeness (QED) is 0.828. The minimum atomic E-state index is 0.602. The van der Waals surface area contributed by atoms with Gasteiger partial charge in [0.2, 0.25) is 0 Å². The third kappa shape index (κ3) is 2.38. The zero-order chi connectivity index (χ0) is 13.3. The van der Waals surface area contributed by atoms with E-state index < -0.39 is 0 Å². The average molecular weight is 260 g/mol. The Morgan fingerprint density at radius 2 is 1.79 bits per heavy atom. The van der Waals surface area contributed by atoms with Crippen molar-refractivity contribution in [2.75, 3.05) is 30.8 Å². The first-order chi connectivity index (χ1) is 9.22. The maximum Gasteiger partial charge on any atom is 0.143 e. The predicted octanol–water partition coefficient (Wildman–Crippen LogP) is 3.44. The summed E-state index contributed by atoms with van der Waals surface area (Å²) in [7, 11) is 1.68. The number of methoxy groups -OCH3 is 1. The molecule has 0 atom stereocenters. The molecule has 0 bridgehead atoms. The molecular formula is C16H24N2O. The SMILES string of the molecule is COc1cc(N2CC3(CCCCCC3)C2)ccc1N. The monoisotopic (exact) mass is 260 g/mol. The van der Waals surface area contributed by atoms with Gasteiger partial charge in [-0.2, -0.15) is 0 Å². The predicted molar refractivity (Wildman–Crippen MR) is 79.8 cm³/mol. The molecule has 0 aromatic heterocycles. The first-order valence-corrected chi connectivity index (χ1v) is 7.41. The Balaban J connectivity index is 1.69. The van der Waals surface area contributed by atoms with Crippen LogP contribution in [0.1, 0.15) is 38.5 Å². The number of nitrogens with two attached hydrogens (primary N) is 1. The lowest BCUT2D eigenvalue weighted by Crippen LogP contribution is -2.56. The topological polar surface area (TPSA) is 38.5 Å². The molecular weight excluding hydrogens is 236 g/mol. The number of anilines is 2. The summed E-state index contributed by atoms with van der Waals surface area (Å²) < 4.78 is 5.31. The van der Waals surface area contributed by atoms with E-state index in [2.05, 4.69) is 17.0 Å². The van der Waals surface area contributed by atoms with E-state index in [9.17, 15) is 0 Å². The lowest BCUT2D eigenvalue weighted by Gasteiger charge is -2.51. The van der Waals surface area contributed by atoms with Crippen LogP contribution in [0.5, 0.6) is 5.75 Å². The number of nitrogens with zero attached hydrogens (tertiary/aromatic N) is 1. The summed E-state index contributed by atoms with van der Waals surface area (Å²) in [4.78, 5) is 2.47. The van der Waals surface area contributed by atoms with Crippen molar-refractivity contribution in [2.45, 2.75) is 38.5 Å². The van der Waals surface area contributed by atoms with E-state index in [1.165, 1.54) is 57.3 Å². The zero-order valence-corrected chi connectivity index (χ0v) is 11.8.